The SMILES string of the molecule is CC(=O)O[C@H]1C(=O)[C@]23C[C@H]2CC[C@]3(C)[C@H]2CC[C@]3(C)C(=O)CC[C@H]3[C@H]12. The number of hydrogen-bond donors (Lipinski definition) is 0. The van der Waals surface area contributed by atoms with E-state index in [9.17, 15) is 14.4 Å². The Kier molecular flexibility index (Phi) is 2.92. The van der Waals surface area contributed by atoms with Crippen LogP contribution in [0.2, 0.25) is 0 Å². The maximum absolute atomic E-state index is 13.6. The van der Waals surface area contributed by atoms with E-state index in [-0.39, 0.29) is 39.8 Å². The van der Waals surface area contributed by atoms with Crippen LogP contribution in [0.4, 0.5) is 0 Å². The van der Waals surface area contributed by atoms with Gasteiger partial charge in [-0.15, -0.1) is 0 Å². The molecule has 136 valence electrons. The minimum absolute atomic E-state index is 0.0385. The molecule has 0 aliphatic heterocycles. The first-order chi connectivity index (χ1) is 11.8. The predicted octanol–water partition coefficient (Wildman–Crippen LogP) is 3.32. The molecule has 25 heavy (non-hydrogen) atoms. The highest BCUT2D eigenvalue weighted by molar-refractivity contribution is 5.96. The van der Waals surface area contributed by atoms with E-state index in [1.165, 1.54) is 6.92 Å². The first-order valence-electron chi connectivity index (χ1n) is 10.0. The van der Waals surface area contributed by atoms with Crippen LogP contribution in [0.25, 0.3) is 0 Å². The third-order valence-corrected chi connectivity index (χ3v) is 9.34. The van der Waals surface area contributed by atoms with Crippen molar-refractivity contribution < 1.29 is 19.1 Å². The van der Waals surface area contributed by atoms with Crippen molar-refractivity contribution in [3.8, 4) is 0 Å². The molecule has 0 radical (unpaired) electrons. The van der Waals surface area contributed by atoms with E-state index in [1.807, 2.05) is 0 Å². The summed E-state index contributed by atoms with van der Waals surface area (Å²) >= 11 is 0. The minimum atomic E-state index is -0.616. The Morgan fingerprint density at radius 3 is 2.52 bits per heavy atom. The standard InChI is InChI=1S/C21H28O4/c1-11(22)25-17-16-13-4-5-15(23)19(13,2)8-7-14(16)20(3)9-6-12-10-21(12,20)18(17)24/h12-14,16-17H,4-10H2,1-3H3/t12-,13+,14+,16+,17-,19+,20-,21+/m1/s1. The summed E-state index contributed by atoms with van der Waals surface area (Å²) in [6.07, 6.45) is 6.05. The van der Waals surface area contributed by atoms with E-state index in [4.69, 9.17) is 4.74 Å². The number of hydrogen-bond acceptors (Lipinski definition) is 4. The molecule has 8 atom stereocenters. The lowest BCUT2D eigenvalue weighted by molar-refractivity contribution is -0.189. The third kappa shape index (κ3) is 1.63. The van der Waals surface area contributed by atoms with Crippen molar-refractivity contribution in [2.75, 3.05) is 0 Å². The molecule has 5 rings (SSSR count). The van der Waals surface area contributed by atoms with Gasteiger partial charge in [-0.3, -0.25) is 14.4 Å². The van der Waals surface area contributed by atoms with Crippen LogP contribution in [-0.2, 0) is 19.1 Å². The quantitative estimate of drug-likeness (QED) is 0.685. The Morgan fingerprint density at radius 1 is 1.08 bits per heavy atom. The van der Waals surface area contributed by atoms with Gasteiger partial charge in [0, 0.05) is 30.1 Å². The second kappa shape index (κ2) is 4.55. The van der Waals surface area contributed by atoms with Crippen LogP contribution in [0.5, 0.6) is 0 Å². The molecular weight excluding hydrogens is 316 g/mol. The van der Waals surface area contributed by atoms with Crippen LogP contribution < -0.4 is 0 Å². The number of ketones is 2. The molecule has 5 aliphatic carbocycles. The van der Waals surface area contributed by atoms with Crippen molar-refractivity contribution in [3.05, 3.63) is 0 Å². The molecule has 0 aromatic carbocycles. The van der Waals surface area contributed by atoms with Gasteiger partial charge < -0.3 is 4.74 Å². The molecule has 0 heterocycles. The Bertz CT molecular complexity index is 698. The number of esters is 1. The van der Waals surface area contributed by atoms with Gasteiger partial charge in [-0.1, -0.05) is 13.8 Å². The molecule has 1 spiro atoms. The highest BCUT2D eigenvalue weighted by Gasteiger charge is 2.80. The predicted molar refractivity (Wildman–Crippen MR) is 90.5 cm³/mol. The van der Waals surface area contributed by atoms with Gasteiger partial charge in [0.25, 0.3) is 0 Å². The molecule has 0 bridgehead atoms. The van der Waals surface area contributed by atoms with Crippen molar-refractivity contribution >= 4 is 17.5 Å². The normalized spacial score (nSPS) is 55.9. The average Bonchev–Trinajstić information content (AvgIpc) is 3.12. The molecular formula is C21H28O4. The van der Waals surface area contributed by atoms with Crippen molar-refractivity contribution in [2.24, 2.45) is 39.9 Å². The number of carbonyl (C=O) groups excluding carboxylic acids is 3. The Balaban J connectivity index is 1.63. The van der Waals surface area contributed by atoms with E-state index < -0.39 is 6.10 Å². The minimum Gasteiger partial charge on any atom is -0.454 e. The number of Topliss-reactive ketones (excluding diaryl/α,β-unsaturated/α-hetero) is 2. The summed E-state index contributed by atoms with van der Waals surface area (Å²) in [5.74, 6) is 1.33. The number of ether oxygens (including phenoxy) is 1. The molecule has 0 aromatic rings. The number of fused-ring (bicyclic) bond motifs is 4. The average molecular weight is 344 g/mol. The third-order valence-electron chi connectivity index (χ3n) is 9.34. The summed E-state index contributed by atoms with van der Waals surface area (Å²) in [4.78, 5) is 38.0. The van der Waals surface area contributed by atoms with Gasteiger partial charge in [0.2, 0.25) is 0 Å². The number of carbonyl (C=O) groups is 3. The summed E-state index contributed by atoms with van der Waals surface area (Å²) in [5.41, 5.74) is -0.504. The molecule has 5 aliphatic rings. The molecule has 0 unspecified atom stereocenters. The van der Waals surface area contributed by atoms with Crippen molar-refractivity contribution in [1.82, 2.24) is 0 Å². The lowest BCUT2D eigenvalue weighted by atomic mass is 9.45. The summed E-state index contributed by atoms with van der Waals surface area (Å²) in [6, 6.07) is 0. The van der Waals surface area contributed by atoms with Crippen LogP contribution in [0.1, 0.15) is 65.7 Å². The van der Waals surface area contributed by atoms with Gasteiger partial charge >= 0.3 is 5.97 Å². The van der Waals surface area contributed by atoms with Crippen LogP contribution in [-0.4, -0.2) is 23.6 Å². The zero-order valence-electron chi connectivity index (χ0n) is 15.5. The van der Waals surface area contributed by atoms with Gasteiger partial charge in [-0.2, -0.15) is 0 Å². The number of rotatable bonds is 1. The molecule has 4 heteroatoms. The van der Waals surface area contributed by atoms with Crippen molar-refractivity contribution in [2.45, 2.75) is 71.8 Å². The van der Waals surface area contributed by atoms with Crippen LogP contribution in [0.3, 0.4) is 0 Å². The maximum atomic E-state index is 13.6. The van der Waals surface area contributed by atoms with E-state index in [1.54, 1.807) is 0 Å². The smallest absolute Gasteiger partial charge is 0.303 e. The zero-order valence-corrected chi connectivity index (χ0v) is 15.5. The molecule has 5 fully saturated rings. The van der Waals surface area contributed by atoms with Crippen LogP contribution in [0.15, 0.2) is 0 Å². The van der Waals surface area contributed by atoms with Crippen LogP contribution in [0, 0.1) is 39.9 Å². The van der Waals surface area contributed by atoms with Gasteiger partial charge in [-0.25, -0.2) is 0 Å². The molecule has 4 nitrogen and oxygen atoms in total. The van der Waals surface area contributed by atoms with Crippen LogP contribution >= 0.6 is 0 Å². The fourth-order valence-corrected chi connectivity index (χ4v) is 8.05. The highest BCUT2D eigenvalue weighted by Crippen LogP contribution is 2.80. The maximum Gasteiger partial charge on any atom is 0.303 e. The first kappa shape index (κ1) is 16.0. The fraction of sp³-hybridized carbons (Fsp3) is 0.857. The first-order valence-corrected chi connectivity index (χ1v) is 10.0. The molecule has 5 saturated carbocycles. The van der Waals surface area contributed by atoms with Gasteiger partial charge in [0.05, 0.1) is 0 Å². The zero-order chi connectivity index (χ0) is 17.8. The summed E-state index contributed by atoms with van der Waals surface area (Å²) in [7, 11) is 0. The lowest BCUT2D eigenvalue weighted by Crippen LogP contribution is -2.62. The summed E-state index contributed by atoms with van der Waals surface area (Å²) < 4.78 is 5.71. The Hall–Kier alpha value is -1.19. The molecule has 0 amide bonds. The van der Waals surface area contributed by atoms with E-state index in [0.717, 1.165) is 38.5 Å². The molecule has 0 aromatic heterocycles. The highest BCUT2D eigenvalue weighted by atomic mass is 16.5. The topological polar surface area (TPSA) is 60.4 Å². The monoisotopic (exact) mass is 344 g/mol. The Labute approximate surface area is 149 Å². The fourth-order valence-electron chi connectivity index (χ4n) is 8.05. The summed E-state index contributed by atoms with van der Waals surface area (Å²) in [5, 5.41) is 0. The van der Waals surface area contributed by atoms with Gasteiger partial charge in [0.15, 0.2) is 11.9 Å². The largest absolute Gasteiger partial charge is 0.454 e. The molecule has 0 N–H and O–H groups in total. The summed E-state index contributed by atoms with van der Waals surface area (Å²) in [6.45, 7) is 5.84. The van der Waals surface area contributed by atoms with Gasteiger partial charge in [0.1, 0.15) is 5.78 Å². The van der Waals surface area contributed by atoms with E-state index in [2.05, 4.69) is 13.8 Å². The molecule has 0 saturated heterocycles. The van der Waals surface area contributed by atoms with Crippen molar-refractivity contribution in [1.29, 1.82) is 0 Å². The van der Waals surface area contributed by atoms with Gasteiger partial charge in [-0.05, 0) is 61.7 Å². The Morgan fingerprint density at radius 2 is 1.84 bits per heavy atom. The lowest BCUT2D eigenvalue weighted by Gasteiger charge is -2.58. The van der Waals surface area contributed by atoms with Crippen molar-refractivity contribution in [3.63, 3.8) is 0 Å². The second-order valence-corrected chi connectivity index (χ2v) is 9.93. The van der Waals surface area contributed by atoms with E-state index in [0.29, 0.717) is 24.0 Å². The van der Waals surface area contributed by atoms with E-state index >= 15 is 0 Å². The second-order valence-electron chi connectivity index (χ2n) is 9.93.